The van der Waals surface area contributed by atoms with E-state index in [0.717, 1.165) is 19.3 Å². The number of imide groups is 1. The zero-order valence-electron chi connectivity index (χ0n) is 62.3. The van der Waals surface area contributed by atoms with E-state index < -0.39 is 210 Å². The monoisotopic (exact) mass is 1600 g/mol. The highest BCUT2D eigenvalue weighted by Gasteiger charge is 2.43. The van der Waals surface area contributed by atoms with Crippen LogP contribution in [0.15, 0.2) is 60.7 Å². The molecule has 0 unspecified atom stereocenters. The molecule has 0 aliphatic heterocycles. The lowest BCUT2D eigenvalue weighted by molar-refractivity contribution is -0.143. The fourth-order valence-electron chi connectivity index (χ4n) is 12.2. The maximum atomic E-state index is 15.9. The lowest BCUT2D eigenvalue weighted by atomic mass is 9.84. The summed E-state index contributed by atoms with van der Waals surface area (Å²) in [5, 5.41) is 89.1. The van der Waals surface area contributed by atoms with Crippen molar-refractivity contribution in [3.05, 3.63) is 106 Å². The van der Waals surface area contributed by atoms with Crippen LogP contribution in [-0.2, 0) is 56.0 Å². The molecule has 0 spiro atoms. The van der Waals surface area contributed by atoms with Crippen LogP contribution >= 0.6 is 0 Å². The number of halogens is 5. The Morgan fingerprint density at radius 2 is 0.717 bits per heavy atom. The van der Waals surface area contributed by atoms with E-state index in [2.05, 4.69) is 69.1 Å². The van der Waals surface area contributed by atoms with Crippen molar-refractivity contribution >= 4 is 94.9 Å². The molecule has 9 atom stereocenters. The van der Waals surface area contributed by atoms with Gasteiger partial charge in [-0.15, -0.1) is 0 Å². The number of rotatable bonds is 48. The summed E-state index contributed by atoms with van der Waals surface area (Å²) < 4.78 is 75.1. The Hall–Kier alpha value is -12.2. The molecular weight excluding hydrogens is 1490 g/mol. The number of hydrogen-bond donors (Lipinski definition) is 27. The first-order chi connectivity index (χ1) is 53.6. The van der Waals surface area contributed by atoms with Gasteiger partial charge in [-0.3, -0.25) is 80.5 Å². The number of nitrogens with one attached hydrogen (secondary N) is 19. The van der Waals surface area contributed by atoms with Gasteiger partial charge in [0.2, 0.25) is 47.2 Å². The molecule has 9 amide bonds. The molecule has 34 N–H and O–H groups in total. The lowest BCUT2D eigenvalue weighted by Crippen LogP contribution is -2.62. The summed E-state index contributed by atoms with van der Waals surface area (Å²) >= 11 is 0. The molecule has 3 aromatic rings. The van der Waals surface area contributed by atoms with E-state index >= 15 is 32.8 Å². The van der Waals surface area contributed by atoms with Crippen LogP contribution in [-0.4, -0.2) is 199 Å². The van der Waals surface area contributed by atoms with Crippen LogP contribution in [0.25, 0.3) is 0 Å². The highest BCUT2D eigenvalue weighted by Crippen LogP contribution is 2.29. The molecule has 1 fully saturated rings. The van der Waals surface area contributed by atoms with Crippen LogP contribution < -0.4 is 109 Å². The molecule has 0 heterocycles. The van der Waals surface area contributed by atoms with Crippen LogP contribution in [0.1, 0.15) is 137 Å². The normalized spacial score (nSPS) is 14.2. The largest absolute Gasteiger partial charge is 0.480 e. The van der Waals surface area contributed by atoms with Crippen molar-refractivity contribution in [2.75, 3.05) is 39.3 Å². The van der Waals surface area contributed by atoms with Gasteiger partial charge in [-0.05, 0) is 107 Å². The molecule has 1 saturated carbocycles. The van der Waals surface area contributed by atoms with Gasteiger partial charge >= 0.3 is 5.97 Å². The number of hydrogen-bond acceptors (Lipinski definition) is 17. The second kappa shape index (κ2) is 48.4. The molecule has 622 valence electrons. The molecule has 0 radical (unpaired) electrons. The van der Waals surface area contributed by atoms with Crippen molar-refractivity contribution in [3.63, 3.8) is 0 Å². The highest BCUT2D eigenvalue weighted by atomic mass is 19.2. The number of carbonyl (C=O) groups excluding carboxylic acids is 9. The Labute approximate surface area is 648 Å². The average Bonchev–Trinajstić information content (AvgIpc) is 0.833. The Balaban J connectivity index is 1.90. The van der Waals surface area contributed by atoms with E-state index in [0.29, 0.717) is 23.3 Å². The first-order valence-electron chi connectivity index (χ1n) is 36.6. The van der Waals surface area contributed by atoms with E-state index in [4.69, 9.17) is 72.6 Å². The minimum atomic E-state index is -2.56. The SMILES string of the molecule is N=C(N)NCCC[C@@H](N)C(=O)N[C@H](CCCNC(=N)N)C(=O)N[C@H](CCCNC(=N)N)C(=O)N(C(=O)c1ccccc1)[C@H](Cc1ccccc1)C(=O)N[C@H](CCCNC(=N)N)C(=O)N[C@H](CCCNC(=N)N)C(=O)N[C@H](CCCNC(=N)N)C(=O)N[C@H](Cc1c(F)c(F)c(F)c(F)c1F)C(=O)N[C@H](CC1CCCCC1)C(=O)O. The summed E-state index contributed by atoms with van der Waals surface area (Å²) in [7, 11) is 0. The van der Waals surface area contributed by atoms with Gasteiger partial charge in [-0.25, -0.2) is 26.7 Å². The van der Waals surface area contributed by atoms with Crippen LogP contribution in [0.2, 0.25) is 0 Å². The zero-order valence-corrected chi connectivity index (χ0v) is 62.3. The second-order valence-corrected chi connectivity index (χ2v) is 26.8. The Kier molecular flexibility index (Phi) is 39.9. The first kappa shape index (κ1) is 93.2. The van der Waals surface area contributed by atoms with E-state index in [1.165, 1.54) is 24.3 Å². The maximum absolute atomic E-state index is 15.9. The van der Waals surface area contributed by atoms with E-state index in [-0.39, 0.29) is 121 Å². The number of carboxylic acid groups (broad SMARTS) is 1. The third-order valence-electron chi connectivity index (χ3n) is 18.0. The molecule has 0 saturated heterocycles. The van der Waals surface area contributed by atoms with Crippen LogP contribution in [0.3, 0.4) is 0 Å². The molecular formula is C70H106F5N27O11. The maximum Gasteiger partial charge on any atom is 0.326 e. The van der Waals surface area contributed by atoms with Gasteiger partial charge in [0, 0.05) is 63.2 Å². The molecule has 1 aliphatic carbocycles. The quantitative estimate of drug-likeness (QED) is 0.00697. The van der Waals surface area contributed by atoms with Crippen molar-refractivity contribution in [1.29, 1.82) is 32.5 Å². The van der Waals surface area contributed by atoms with Crippen LogP contribution in [0.5, 0.6) is 0 Å². The molecule has 38 nitrogen and oxygen atoms in total. The zero-order chi connectivity index (χ0) is 83.9. The topological polar surface area (TPSA) is 676 Å². The van der Waals surface area contributed by atoms with Gasteiger partial charge in [-0.2, -0.15) is 0 Å². The van der Waals surface area contributed by atoms with Crippen molar-refractivity contribution < 1.29 is 75.0 Å². The van der Waals surface area contributed by atoms with Crippen molar-refractivity contribution in [1.82, 2.24) is 74.0 Å². The van der Waals surface area contributed by atoms with Crippen molar-refractivity contribution in [3.8, 4) is 0 Å². The van der Waals surface area contributed by atoms with Crippen LogP contribution in [0.4, 0.5) is 22.0 Å². The standard InChI is InChI=1S/C70H106F5N27O11/c71-50-40(51(72)53(74)54(75)52(50)73)36-47(60(108)101-48(64(112)113)34-37-16-4-1-5-17-37)100-59(107)44(25-13-31-92-68(83)84)97-56(104)43(24-12-30-91-67(81)82)96-57(105)45(26-14-32-93-69(85)86)98-61(109)49(35-38-18-6-2-7-19-38)102(62(110)39-20-8-3-9-21-39)63(111)46(27-15-33-94-70(87)88)99-58(106)42(23-11-29-90-66(79)80)95-55(103)41(76)22-10-28-89-65(77)78/h2-3,6-9,18-21,37,41-49H,1,4-5,10-17,22-36,76H2,(H,95,103)(H,96,105)(H,97,104)(H,98,109)(H,99,106)(H,100,107)(H,101,108)(H,112,113)(H4,77,78,89)(H4,79,80,90)(H4,81,82,91)(H4,83,84,92)(H4,85,86,93)(H4,87,88,94)/t41-,42-,43-,44-,45-,46-,47-,48-,49-/m1/s1. The number of aliphatic carboxylic acids is 1. The number of amides is 9. The van der Waals surface area contributed by atoms with E-state index in [1.807, 2.05) is 0 Å². The minimum Gasteiger partial charge on any atom is -0.480 e. The molecule has 43 heteroatoms. The van der Waals surface area contributed by atoms with Gasteiger partial charge in [0.25, 0.3) is 11.8 Å². The van der Waals surface area contributed by atoms with Crippen LogP contribution in [0, 0.1) is 67.5 Å². The van der Waals surface area contributed by atoms with Crippen molar-refractivity contribution in [2.45, 2.75) is 183 Å². The Morgan fingerprint density at radius 3 is 1.11 bits per heavy atom. The summed E-state index contributed by atoms with van der Waals surface area (Å²) in [6.45, 7) is -0.402. The van der Waals surface area contributed by atoms with E-state index in [1.54, 1.807) is 36.4 Å². The van der Waals surface area contributed by atoms with E-state index in [9.17, 15) is 42.3 Å². The summed E-state index contributed by atoms with van der Waals surface area (Å²) in [5.41, 5.74) is 38.0. The van der Waals surface area contributed by atoms with Crippen molar-refractivity contribution in [2.24, 2.45) is 46.1 Å². The van der Waals surface area contributed by atoms with Gasteiger partial charge in [-0.1, -0.05) is 80.6 Å². The average molecular weight is 1600 g/mol. The molecule has 4 rings (SSSR count). The molecule has 0 aromatic heterocycles. The number of nitrogens with two attached hydrogens (primary N) is 7. The number of carboxylic acids is 1. The number of carbonyl (C=O) groups is 10. The Bertz CT molecular complexity index is 3770. The highest BCUT2D eigenvalue weighted by molar-refractivity contribution is 6.10. The predicted octanol–water partition coefficient (Wildman–Crippen LogP) is -2.44. The lowest BCUT2D eigenvalue weighted by Gasteiger charge is -2.34. The molecule has 1 aliphatic rings. The second-order valence-electron chi connectivity index (χ2n) is 26.8. The van der Waals surface area contributed by atoms with Gasteiger partial charge in [0.15, 0.2) is 59.0 Å². The third-order valence-corrected chi connectivity index (χ3v) is 18.0. The molecule has 3 aromatic carbocycles. The summed E-state index contributed by atoms with van der Waals surface area (Å²) in [6.07, 6.45) is -0.737. The first-order valence-corrected chi connectivity index (χ1v) is 36.6. The summed E-state index contributed by atoms with van der Waals surface area (Å²) in [5.74, 6) is -27.5. The molecule has 113 heavy (non-hydrogen) atoms. The fraction of sp³-hybridized carbons (Fsp3) is 0.514. The van der Waals surface area contributed by atoms with Gasteiger partial charge in [0.05, 0.1) is 6.04 Å². The number of benzene rings is 3. The van der Waals surface area contributed by atoms with Gasteiger partial charge in [0.1, 0.15) is 48.3 Å². The predicted molar refractivity (Wildman–Crippen MR) is 407 cm³/mol. The Morgan fingerprint density at radius 1 is 0.398 bits per heavy atom. The van der Waals surface area contributed by atoms with Gasteiger partial charge < -0.3 is 114 Å². The summed E-state index contributed by atoms with van der Waals surface area (Å²) in [4.78, 5) is 148. The summed E-state index contributed by atoms with van der Waals surface area (Å²) in [6, 6.07) is -1.15. The minimum absolute atomic E-state index is 0.0181. The number of nitrogens with zero attached hydrogens (tertiary/aromatic N) is 1. The smallest absolute Gasteiger partial charge is 0.326 e. The number of guanidine groups is 6. The molecule has 0 bridgehead atoms. The third kappa shape index (κ3) is 33.1. The fourth-order valence-corrected chi connectivity index (χ4v) is 12.2.